The predicted molar refractivity (Wildman–Crippen MR) is 128 cm³/mol. The first-order chi connectivity index (χ1) is 16.9. The van der Waals surface area contributed by atoms with Gasteiger partial charge >= 0.3 is 12.1 Å². The second kappa shape index (κ2) is 9.34. The topological polar surface area (TPSA) is 105 Å². The lowest BCUT2D eigenvalue weighted by molar-refractivity contribution is -0.157. The number of fused-ring (bicyclic) bond motifs is 4. The molecule has 2 heterocycles. The number of carboxylic acids is 1. The number of hydrogen-bond donors (Lipinski definition) is 2. The van der Waals surface area contributed by atoms with E-state index >= 15 is 0 Å². The Morgan fingerprint density at radius 2 is 1.80 bits per heavy atom. The van der Waals surface area contributed by atoms with Gasteiger partial charge in [-0.15, -0.1) is 0 Å². The molecule has 2 aromatic rings. The molecule has 0 spiro atoms. The minimum Gasteiger partial charge on any atom is -0.481 e. The Morgan fingerprint density at radius 3 is 2.40 bits per heavy atom. The van der Waals surface area contributed by atoms with Crippen molar-refractivity contribution in [1.29, 1.82) is 0 Å². The van der Waals surface area contributed by atoms with Crippen molar-refractivity contribution in [2.45, 2.75) is 31.7 Å². The third-order valence-corrected chi connectivity index (χ3v) is 7.79. The number of nitrogens with one attached hydrogen (secondary N) is 1. The zero-order valence-corrected chi connectivity index (χ0v) is 19.7. The molecule has 8 nitrogen and oxygen atoms in total. The molecule has 8 heteroatoms. The summed E-state index contributed by atoms with van der Waals surface area (Å²) in [6, 6.07) is 15.4. The average molecular weight is 479 g/mol. The van der Waals surface area contributed by atoms with Crippen molar-refractivity contribution >= 4 is 18.0 Å². The summed E-state index contributed by atoms with van der Waals surface area (Å²) in [6.07, 6.45) is 0.105. The van der Waals surface area contributed by atoms with E-state index in [1.54, 1.807) is 4.90 Å². The van der Waals surface area contributed by atoms with Gasteiger partial charge in [-0.25, -0.2) is 4.79 Å². The number of likely N-dealkylation sites (tertiary alicyclic amines) is 1. The number of nitrogens with zero attached hydrogens (tertiary/aromatic N) is 1. The molecule has 0 saturated carbocycles. The van der Waals surface area contributed by atoms with Crippen molar-refractivity contribution in [1.82, 2.24) is 10.2 Å². The van der Waals surface area contributed by atoms with Crippen LogP contribution < -0.4 is 5.32 Å². The molecule has 2 aliphatic heterocycles. The van der Waals surface area contributed by atoms with Crippen LogP contribution in [-0.2, 0) is 19.1 Å². The molecular formula is C27H30N2O6. The number of ether oxygens (including phenoxy) is 2. The van der Waals surface area contributed by atoms with Crippen LogP contribution in [0.4, 0.5) is 4.79 Å². The second-order valence-electron chi connectivity index (χ2n) is 9.63. The van der Waals surface area contributed by atoms with E-state index in [1.807, 2.05) is 31.2 Å². The molecule has 0 unspecified atom stereocenters. The minimum atomic E-state index is -0.976. The van der Waals surface area contributed by atoms with Crippen molar-refractivity contribution in [3.05, 3.63) is 59.7 Å². The highest BCUT2D eigenvalue weighted by molar-refractivity contribution is 5.87. The van der Waals surface area contributed by atoms with Crippen LogP contribution in [0.25, 0.3) is 11.1 Å². The Bertz CT molecular complexity index is 1100. The Kier molecular flexibility index (Phi) is 6.23. The fraction of sp³-hybridized carbons (Fsp3) is 0.444. The third kappa shape index (κ3) is 4.05. The van der Waals surface area contributed by atoms with Gasteiger partial charge in [0.25, 0.3) is 0 Å². The minimum absolute atomic E-state index is 0.0685. The summed E-state index contributed by atoms with van der Waals surface area (Å²) < 4.78 is 11.1. The highest BCUT2D eigenvalue weighted by Crippen LogP contribution is 2.45. The summed E-state index contributed by atoms with van der Waals surface area (Å²) in [6.45, 7) is 3.13. The van der Waals surface area contributed by atoms with Crippen molar-refractivity contribution < 1.29 is 29.0 Å². The van der Waals surface area contributed by atoms with E-state index in [4.69, 9.17) is 9.47 Å². The molecular weight excluding hydrogens is 448 g/mol. The Hall–Kier alpha value is -3.39. The Labute approximate surface area is 204 Å². The van der Waals surface area contributed by atoms with Gasteiger partial charge in [0.15, 0.2) is 0 Å². The molecule has 2 saturated heterocycles. The molecule has 2 amide bonds. The van der Waals surface area contributed by atoms with Crippen LogP contribution in [0.5, 0.6) is 0 Å². The molecule has 2 N–H and O–H groups in total. The van der Waals surface area contributed by atoms with Crippen molar-refractivity contribution in [2.75, 3.05) is 32.9 Å². The van der Waals surface area contributed by atoms with E-state index in [1.165, 1.54) is 0 Å². The maximum absolute atomic E-state index is 13.2. The average Bonchev–Trinajstić information content (AvgIpc) is 3.43. The summed E-state index contributed by atoms with van der Waals surface area (Å²) >= 11 is 0. The van der Waals surface area contributed by atoms with E-state index in [-0.39, 0.29) is 30.9 Å². The molecule has 0 radical (unpaired) electrons. The molecule has 3 atom stereocenters. The lowest BCUT2D eigenvalue weighted by Gasteiger charge is -2.33. The number of hydrogen-bond acceptors (Lipinski definition) is 5. The van der Waals surface area contributed by atoms with Crippen LogP contribution >= 0.6 is 0 Å². The van der Waals surface area contributed by atoms with E-state index in [2.05, 4.69) is 29.6 Å². The molecule has 1 aliphatic carbocycles. The number of benzene rings is 2. The number of rotatable bonds is 6. The second-order valence-corrected chi connectivity index (χ2v) is 9.63. The maximum atomic E-state index is 13.2. The molecule has 3 aliphatic rings. The van der Waals surface area contributed by atoms with Gasteiger partial charge < -0.3 is 24.8 Å². The molecule has 184 valence electrons. The third-order valence-electron chi connectivity index (χ3n) is 7.79. The van der Waals surface area contributed by atoms with Gasteiger partial charge in [0, 0.05) is 31.5 Å². The van der Waals surface area contributed by atoms with Gasteiger partial charge in [0.05, 0.1) is 12.0 Å². The number of carbonyl (C=O) groups is 3. The standard InChI is InChI=1S/C27H30N2O6/c1-2-23(24(30)29-13-17-14-34-12-11-27(17,16-29)25(31)32)28-26(33)35-15-22-20-9-5-3-7-18(20)19-8-4-6-10-21(19)22/h3-10,17,22-23H,2,11-16H2,1H3,(H,28,33)(H,31,32)/t17-,23-,27+/m0/s1. The van der Waals surface area contributed by atoms with Crippen LogP contribution in [0.15, 0.2) is 48.5 Å². The molecule has 35 heavy (non-hydrogen) atoms. The number of aliphatic carboxylic acids is 1. The molecule has 0 bridgehead atoms. The first-order valence-electron chi connectivity index (χ1n) is 12.2. The molecule has 2 fully saturated rings. The highest BCUT2D eigenvalue weighted by atomic mass is 16.5. The van der Waals surface area contributed by atoms with Crippen LogP contribution in [0.2, 0.25) is 0 Å². The fourth-order valence-electron chi connectivity index (χ4n) is 5.81. The Balaban J connectivity index is 1.23. The number of alkyl carbamates (subject to hydrolysis) is 1. The van der Waals surface area contributed by atoms with Crippen LogP contribution in [0.3, 0.4) is 0 Å². The summed E-state index contributed by atoms with van der Waals surface area (Å²) in [5.74, 6) is -1.49. The van der Waals surface area contributed by atoms with Gasteiger partial charge in [-0.1, -0.05) is 55.5 Å². The lowest BCUT2D eigenvalue weighted by atomic mass is 9.74. The van der Waals surface area contributed by atoms with E-state index in [0.29, 0.717) is 32.6 Å². The van der Waals surface area contributed by atoms with Gasteiger partial charge in [0.1, 0.15) is 12.6 Å². The van der Waals surface area contributed by atoms with E-state index < -0.39 is 23.5 Å². The fourth-order valence-corrected chi connectivity index (χ4v) is 5.81. The summed E-state index contributed by atoms with van der Waals surface area (Å²) in [7, 11) is 0. The lowest BCUT2D eigenvalue weighted by Crippen LogP contribution is -2.49. The summed E-state index contributed by atoms with van der Waals surface area (Å²) in [5, 5.41) is 12.6. The number of carboxylic acid groups (broad SMARTS) is 1. The monoisotopic (exact) mass is 478 g/mol. The highest BCUT2D eigenvalue weighted by Gasteiger charge is 2.55. The number of carbonyl (C=O) groups excluding carboxylic acids is 2. The predicted octanol–water partition coefficient (Wildman–Crippen LogP) is 3.25. The van der Waals surface area contributed by atoms with Crippen molar-refractivity contribution in [3.8, 4) is 11.1 Å². The van der Waals surface area contributed by atoms with Crippen LogP contribution in [0.1, 0.15) is 36.8 Å². The van der Waals surface area contributed by atoms with Crippen LogP contribution in [-0.4, -0.2) is 66.9 Å². The van der Waals surface area contributed by atoms with Crippen molar-refractivity contribution in [2.24, 2.45) is 11.3 Å². The Morgan fingerprint density at radius 1 is 1.14 bits per heavy atom. The summed E-state index contributed by atoms with van der Waals surface area (Å²) in [5.41, 5.74) is 3.54. The van der Waals surface area contributed by atoms with Gasteiger partial charge in [0.2, 0.25) is 5.91 Å². The maximum Gasteiger partial charge on any atom is 0.407 e. The molecule has 5 rings (SSSR count). The SMILES string of the molecule is CC[C@H](NC(=O)OCC1c2ccccc2-c2ccccc21)C(=O)N1C[C@H]2COCC[C@@]2(C(=O)O)C1. The van der Waals surface area contributed by atoms with Gasteiger partial charge in [-0.05, 0) is 35.1 Å². The van der Waals surface area contributed by atoms with Crippen molar-refractivity contribution in [3.63, 3.8) is 0 Å². The quantitative estimate of drug-likeness (QED) is 0.660. The normalized spacial score (nSPS) is 23.7. The van der Waals surface area contributed by atoms with E-state index in [9.17, 15) is 19.5 Å². The zero-order valence-electron chi connectivity index (χ0n) is 19.7. The largest absolute Gasteiger partial charge is 0.481 e. The van der Waals surface area contributed by atoms with Crippen LogP contribution in [0, 0.1) is 11.3 Å². The molecule has 2 aromatic carbocycles. The van der Waals surface area contributed by atoms with E-state index in [0.717, 1.165) is 22.3 Å². The smallest absolute Gasteiger partial charge is 0.407 e. The van der Waals surface area contributed by atoms with Gasteiger partial charge in [-0.3, -0.25) is 9.59 Å². The molecule has 0 aromatic heterocycles. The van der Waals surface area contributed by atoms with Gasteiger partial charge in [-0.2, -0.15) is 0 Å². The first-order valence-corrected chi connectivity index (χ1v) is 12.2. The number of amides is 2. The zero-order chi connectivity index (χ0) is 24.6. The first kappa shape index (κ1) is 23.4. The summed E-state index contributed by atoms with van der Waals surface area (Å²) in [4.78, 5) is 39.6.